The van der Waals surface area contributed by atoms with Gasteiger partial charge in [-0.15, -0.1) is 0 Å². The van der Waals surface area contributed by atoms with E-state index in [-0.39, 0.29) is 29.7 Å². The molecule has 1 saturated heterocycles. The number of amides is 2. The Morgan fingerprint density at radius 1 is 1.05 bits per heavy atom. The van der Waals surface area contributed by atoms with E-state index in [1.54, 1.807) is 18.2 Å². The molecule has 6 N–H and O–H groups in total. The molecule has 0 unspecified atom stereocenters. The maximum atomic E-state index is 13.9. The average Bonchev–Trinajstić information content (AvgIpc) is 3.14. The number of nitrogens with two attached hydrogens (primary N) is 1. The molecule has 1 heterocycles. The largest absolute Gasteiger partial charge is 0.370 e. The Morgan fingerprint density at radius 3 is 2.38 bits per heavy atom. The molecular formula is C33H39ClN6O2. The second-order valence-electron chi connectivity index (χ2n) is 10.5. The molecule has 0 saturated carbocycles. The molecule has 0 bridgehead atoms. The number of carbonyl (C=O) groups is 2. The number of hydrogen-bond donors (Lipinski definition) is 5. The lowest BCUT2D eigenvalue weighted by Crippen LogP contribution is -2.49. The van der Waals surface area contributed by atoms with Crippen LogP contribution in [-0.4, -0.2) is 60.9 Å². The van der Waals surface area contributed by atoms with E-state index in [0.717, 1.165) is 16.7 Å². The van der Waals surface area contributed by atoms with Crippen LogP contribution in [-0.2, 0) is 9.59 Å². The summed E-state index contributed by atoms with van der Waals surface area (Å²) >= 11 is 6.04. The molecule has 3 aromatic carbocycles. The van der Waals surface area contributed by atoms with Crippen molar-refractivity contribution in [1.29, 1.82) is 5.41 Å². The lowest BCUT2D eigenvalue weighted by Gasteiger charge is -2.29. The van der Waals surface area contributed by atoms with Crippen molar-refractivity contribution in [1.82, 2.24) is 20.9 Å². The normalized spacial score (nSPS) is 17.3. The van der Waals surface area contributed by atoms with Gasteiger partial charge in [0.05, 0.1) is 6.04 Å². The predicted molar refractivity (Wildman–Crippen MR) is 169 cm³/mol. The van der Waals surface area contributed by atoms with Crippen molar-refractivity contribution in [2.45, 2.75) is 37.3 Å². The van der Waals surface area contributed by atoms with Gasteiger partial charge in [-0.3, -0.25) is 15.0 Å². The average molecular weight is 587 g/mol. The van der Waals surface area contributed by atoms with Gasteiger partial charge in [0.15, 0.2) is 5.96 Å². The van der Waals surface area contributed by atoms with Crippen LogP contribution in [0.25, 0.3) is 6.08 Å². The number of rotatable bonds is 12. The second-order valence-corrected chi connectivity index (χ2v) is 10.9. The Labute approximate surface area is 252 Å². The molecule has 3 aromatic rings. The van der Waals surface area contributed by atoms with Crippen molar-refractivity contribution in [3.63, 3.8) is 0 Å². The van der Waals surface area contributed by atoms with E-state index in [9.17, 15) is 9.59 Å². The summed E-state index contributed by atoms with van der Waals surface area (Å²) in [7, 11) is 0. The Hall–Kier alpha value is -4.14. The highest BCUT2D eigenvalue weighted by Gasteiger charge is 2.32. The molecule has 0 aliphatic carbocycles. The molecule has 42 heavy (non-hydrogen) atoms. The van der Waals surface area contributed by atoms with Crippen LogP contribution in [0.2, 0.25) is 5.02 Å². The predicted octanol–water partition coefficient (Wildman–Crippen LogP) is 4.12. The molecule has 2 amide bonds. The van der Waals surface area contributed by atoms with Crippen LogP contribution in [0.1, 0.15) is 41.9 Å². The highest BCUT2D eigenvalue weighted by Crippen LogP contribution is 2.27. The van der Waals surface area contributed by atoms with Gasteiger partial charge in [0.1, 0.15) is 0 Å². The van der Waals surface area contributed by atoms with Gasteiger partial charge in [-0.25, -0.2) is 0 Å². The van der Waals surface area contributed by atoms with Crippen LogP contribution in [0, 0.1) is 5.41 Å². The fourth-order valence-corrected chi connectivity index (χ4v) is 5.42. The number of guanidine groups is 1. The van der Waals surface area contributed by atoms with Gasteiger partial charge in [-0.2, -0.15) is 0 Å². The summed E-state index contributed by atoms with van der Waals surface area (Å²) in [5.74, 6) is -0.218. The third-order valence-electron chi connectivity index (χ3n) is 7.38. The smallest absolute Gasteiger partial charge is 0.244 e. The first-order valence-electron chi connectivity index (χ1n) is 14.3. The molecule has 1 fully saturated rings. The van der Waals surface area contributed by atoms with E-state index in [1.807, 2.05) is 53.4 Å². The molecule has 0 radical (unpaired) electrons. The molecule has 0 spiro atoms. The minimum atomic E-state index is -0.419. The molecule has 0 aromatic heterocycles. The van der Waals surface area contributed by atoms with Gasteiger partial charge < -0.3 is 26.6 Å². The van der Waals surface area contributed by atoms with E-state index in [4.69, 9.17) is 22.7 Å². The standard InChI is InChI=1S/C33H39ClN6O2/c34-27-14-7-9-24(21-27)16-17-31(41)38-22-28-18-20-40(32(42)30(39-28)15-8-19-37-33(35)36)23-29(25-10-3-1-4-11-25)26-12-5-2-6-13-26/h1-7,9-14,16-17,21,28-30,39H,8,15,18-20,22-23H2,(H,38,41)(H4,35,36,37)/b17-16+/t28-,30-/m0/s1. The molecule has 4 rings (SSSR count). The molecule has 1 aliphatic rings. The van der Waals surface area contributed by atoms with E-state index >= 15 is 0 Å². The van der Waals surface area contributed by atoms with Crippen LogP contribution in [0.15, 0.2) is 91.0 Å². The first-order valence-corrected chi connectivity index (χ1v) is 14.7. The number of nitrogens with zero attached hydrogens (tertiary/aromatic N) is 1. The lowest BCUT2D eigenvalue weighted by molar-refractivity contribution is -0.133. The van der Waals surface area contributed by atoms with Crippen molar-refractivity contribution in [3.05, 3.63) is 113 Å². The summed E-state index contributed by atoms with van der Waals surface area (Å²) in [6, 6.07) is 27.4. The molecule has 220 valence electrons. The fourth-order valence-electron chi connectivity index (χ4n) is 5.22. The van der Waals surface area contributed by atoms with Crippen LogP contribution in [0.3, 0.4) is 0 Å². The quantitative estimate of drug-likeness (QED) is 0.0945. The Kier molecular flexibility index (Phi) is 11.6. The van der Waals surface area contributed by atoms with Crippen LogP contribution in [0.4, 0.5) is 0 Å². The van der Waals surface area contributed by atoms with Gasteiger partial charge >= 0.3 is 0 Å². The van der Waals surface area contributed by atoms with Crippen molar-refractivity contribution >= 4 is 35.5 Å². The first kappa shape index (κ1) is 30.8. The van der Waals surface area contributed by atoms with Crippen molar-refractivity contribution in [3.8, 4) is 0 Å². The minimum absolute atomic E-state index is 0.0317. The Balaban J connectivity index is 1.46. The topological polar surface area (TPSA) is 123 Å². The van der Waals surface area contributed by atoms with Gasteiger partial charge in [-0.05, 0) is 54.2 Å². The van der Waals surface area contributed by atoms with Crippen molar-refractivity contribution < 1.29 is 9.59 Å². The highest BCUT2D eigenvalue weighted by atomic mass is 35.5. The zero-order chi connectivity index (χ0) is 29.7. The molecule has 1 aliphatic heterocycles. The fraction of sp³-hybridized carbons (Fsp3) is 0.303. The summed E-state index contributed by atoms with van der Waals surface area (Å²) in [5.41, 5.74) is 8.60. The molecule has 2 atom stereocenters. The number of benzene rings is 3. The maximum absolute atomic E-state index is 13.9. The number of carbonyl (C=O) groups excluding carboxylic acids is 2. The third-order valence-corrected chi connectivity index (χ3v) is 7.62. The molecule has 8 nitrogen and oxygen atoms in total. The Morgan fingerprint density at radius 2 is 1.74 bits per heavy atom. The summed E-state index contributed by atoms with van der Waals surface area (Å²) in [4.78, 5) is 28.5. The Bertz CT molecular complexity index is 1310. The van der Waals surface area contributed by atoms with E-state index in [1.165, 1.54) is 6.08 Å². The van der Waals surface area contributed by atoms with Gasteiger partial charge in [0, 0.05) is 49.2 Å². The van der Waals surface area contributed by atoms with E-state index < -0.39 is 6.04 Å². The van der Waals surface area contributed by atoms with Crippen LogP contribution < -0.4 is 21.7 Å². The van der Waals surface area contributed by atoms with Gasteiger partial charge in [0.2, 0.25) is 11.8 Å². The third kappa shape index (κ3) is 9.46. The second kappa shape index (κ2) is 15.7. The summed E-state index contributed by atoms with van der Waals surface area (Å²) < 4.78 is 0. The first-order chi connectivity index (χ1) is 20.4. The molecular weight excluding hydrogens is 548 g/mol. The van der Waals surface area contributed by atoms with Crippen molar-refractivity contribution in [2.75, 3.05) is 26.2 Å². The van der Waals surface area contributed by atoms with Gasteiger partial charge in [0.25, 0.3) is 0 Å². The zero-order valence-electron chi connectivity index (χ0n) is 23.6. The van der Waals surface area contributed by atoms with Crippen LogP contribution in [0.5, 0.6) is 0 Å². The minimum Gasteiger partial charge on any atom is -0.370 e. The van der Waals surface area contributed by atoms with Crippen molar-refractivity contribution in [2.24, 2.45) is 5.73 Å². The number of hydrogen-bond acceptors (Lipinski definition) is 4. The zero-order valence-corrected chi connectivity index (χ0v) is 24.4. The van der Waals surface area contributed by atoms with E-state index in [2.05, 4.69) is 40.2 Å². The number of nitrogens with one attached hydrogen (secondary N) is 4. The maximum Gasteiger partial charge on any atom is 0.244 e. The summed E-state index contributed by atoms with van der Waals surface area (Å²) in [6.45, 7) is 2.03. The lowest BCUT2D eigenvalue weighted by atomic mass is 9.90. The number of halogens is 1. The monoisotopic (exact) mass is 586 g/mol. The molecule has 9 heteroatoms. The summed E-state index contributed by atoms with van der Waals surface area (Å²) in [6.07, 6.45) is 5.16. The SMILES string of the molecule is N=C(N)NCCC[C@@H]1N[C@H](CNC(=O)/C=C/c2cccc(Cl)c2)CCN(CC(c2ccccc2)c2ccccc2)C1=O. The highest BCUT2D eigenvalue weighted by molar-refractivity contribution is 6.30. The van der Waals surface area contributed by atoms with Gasteiger partial charge in [-0.1, -0.05) is 84.4 Å². The van der Waals surface area contributed by atoms with E-state index in [0.29, 0.717) is 50.5 Å². The van der Waals surface area contributed by atoms with Crippen LogP contribution >= 0.6 is 11.6 Å². The summed E-state index contributed by atoms with van der Waals surface area (Å²) in [5, 5.41) is 17.3.